The molecule has 186 valence electrons. The van der Waals surface area contributed by atoms with E-state index in [1.165, 1.54) is 4.90 Å². The second-order valence-corrected chi connectivity index (χ2v) is 10.8. The highest BCUT2D eigenvalue weighted by molar-refractivity contribution is 7.92. The maximum Gasteiger partial charge on any atom is 0.244 e. The minimum atomic E-state index is -3.76. The number of rotatable bonds is 11. The predicted molar refractivity (Wildman–Crippen MR) is 137 cm³/mol. The Hall–Kier alpha value is -2.58. The Morgan fingerprint density at radius 3 is 2.24 bits per heavy atom. The predicted octanol–water partition coefficient (Wildman–Crippen LogP) is 4.06. The van der Waals surface area contributed by atoms with E-state index in [1.54, 1.807) is 30.3 Å². The first-order valence-electron chi connectivity index (χ1n) is 11.3. The Balaban J connectivity index is 2.44. The zero-order valence-corrected chi connectivity index (χ0v) is 22.0. The molecule has 1 atom stereocenters. The summed E-state index contributed by atoms with van der Waals surface area (Å²) in [6.07, 6.45) is 2.23. The highest BCUT2D eigenvalue weighted by Gasteiger charge is 2.32. The van der Waals surface area contributed by atoms with Gasteiger partial charge in [0.15, 0.2) is 0 Å². The molecule has 0 saturated carbocycles. The Labute approximate surface area is 208 Å². The molecule has 0 bridgehead atoms. The van der Waals surface area contributed by atoms with Crippen LogP contribution in [0.4, 0.5) is 5.69 Å². The van der Waals surface area contributed by atoms with Gasteiger partial charge in [-0.15, -0.1) is 0 Å². The number of halogens is 1. The van der Waals surface area contributed by atoms with Crippen LogP contribution in [-0.2, 0) is 26.2 Å². The van der Waals surface area contributed by atoms with Crippen LogP contribution >= 0.6 is 11.6 Å². The van der Waals surface area contributed by atoms with Crippen LogP contribution in [0, 0.1) is 13.8 Å². The molecular formula is C25H34ClN3O4S. The van der Waals surface area contributed by atoms with Crippen molar-refractivity contribution in [1.82, 2.24) is 10.2 Å². The summed E-state index contributed by atoms with van der Waals surface area (Å²) < 4.78 is 26.5. The maximum absolute atomic E-state index is 13.6. The number of carbonyl (C=O) groups is 2. The smallest absolute Gasteiger partial charge is 0.244 e. The minimum Gasteiger partial charge on any atom is -0.354 e. The van der Waals surface area contributed by atoms with Gasteiger partial charge in [-0.25, -0.2) is 8.42 Å². The number of sulfonamides is 1. The number of anilines is 1. The molecule has 2 aromatic carbocycles. The van der Waals surface area contributed by atoms with Crippen LogP contribution in [0.1, 0.15) is 43.4 Å². The molecule has 0 aromatic heterocycles. The van der Waals surface area contributed by atoms with Gasteiger partial charge in [0.2, 0.25) is 21.8 Å². The first-order chi connectivity index (χ1) is 16.0. The number of nitrogens with zero attached hydrogens (tertiary/aromatic N) is 2. The quantitative estimate of drug-likeness (QED) is 0.497. The Morgan fingerprint density at radius 1 is 1.06 bits per heavy atom. The van der Waals surface area contributed by atoms with Gasteiger partial charge < -0.3 is 10.2 Å². The maximum atomic E-state index is 13.6. The molecule has 0 heterocycles. The van der Waals surface area contributed by atoms with E-state index in [0.29, 0.717) is 23.7 Å². The van der Waals surface area contributed by atoms with E-state index < -0.39 is 28.5 Å². The van der Waals surface area contributed by atoms with Crippen molar-refractivity contribution in [2.75, 3.05) is 23.7 Å². The van der Waals surface area contributed by atoms with Crippen molar-refractivity contribution in [3.05, 3.63) is 64.2 Å². The third-order valence-electron chi connectivity index (χ3n) is 5.50. The lowest BCUT2D eigenvalue weighted by Crippen LogP contribution is -2.52. The van der Waals surface area contributed by atoms with Crippen LogP contribution in [0.3, 0.4) is 0 Å². The monoisotopic (exact) mass is 507 g/mol. The second-order valence-electron chi connectivity index (χ2n) is 8.42. The van der Waals surface area contributed by atoms with Crippen LogP contribution in [0.5, 0.6) is 0 Å². The number of benzene rings is 2. The third kappa shape index (κ3) is 7.46. The molecular weight excluding hydrogens is 474 g/mol. The normalized spacial score (nSPS) is 12.2. The highest BCUT2D eigenvalue weighted by atomic mass is 35.5. The van der Waals surface area contributed by atoms with E-state index in [4.69, 9.17) is 11.6 Å². The summed E-state index contributed by atoms with van der Waals surface area (Å²) in [6.45, 7) is 7.75. The first kappa shape index (κ1) is 27.7. The van der Waals surface area contributed by atoms with Crippen LogP contribution in [-0.4, -0.2) is 50.5 Å². The van der Waals surface area contributed by atoms with Crippen molar-refractivity contribution in [3.8, 4) is 0 Å². The standard InChI is InChI=1S/C25H34ClN3O4S/c1-6-14-27-25(31)22(7-2)28(16-20-9-11-21(26)12-10-20)24(30)17-29(34(5,32)33)23-13-8-18(3)15-19(23)4/h8-13,15,22H,6-7,14,16-17H2,1-5H3,(H,27,31). The van der Waals surface area contributed by atoms with Crippen LogP contribution in [0.2, 0.25) is 5.02 Å². The fourth-order valence-electron chi connectivity index (χ4n) is 3.75. The molecule has 0 spiro atoms. The molecule has 1 unspecified atom stereocenters. The van der Waals surface area contributed by atoms with Gasteiger partial charge in [0.25, 0.3) is 0 Å². The molecule has 2 aromatic rings. The largest absolute Gasteiger partial charge is 0.354 e. The first-order valence-corrected chi connectivity index (χ1v) is 13.6. The lowest BCUT2D eigenvalue weighted by atomic mass is 10.1. The van der Waals surface area contributed by atoms with Gasteiger partial charge in [-0.2, -0.15) is 0 Å². The minimum absolute atomic E-state index is 0.151. The van der Waals surface area contributed by atoms with E-state index in [2.05, 4.69) is 5.32 Å². The van der Waals surface area contributed by atoms with Crippen LogP contribution in [0.15, 0.2) is 42.5 Å². The summed E-state index contributed by atoms with van der Waals surface area (Å²) in [5, 5.41) is 3.42. The zero-order chi connectivity index (χ0) is 25.5. The van der Waals surface area contributed by atoms with Gasteiger partial charge in [-0.1, -0.05) is 55.3 Å². The fraction of sp³-hybridized carbons (Fsp3) is 0.440. The summed E-state index contributed by atoms with van der Waals surface area (Å²) in [7, 11) is -3.76. The second kappa shape index (κ2) is 12.2. The molecule has 34 heavy (non-hydrogen) atoms. The molecule has 0 saturated heterocycles. The zero-order valence-electron chi connectivity index (χ0n) is 20.5. The summed E-state index contributed by atoms with van der Waals surface area (Å²) >= 11 is 6.00. The van der Waals surface area contributed by atoms with Crippen molar-refractivity contribution in [2.24, 2.45) is 0 Å². The number of aryl methyl sites for hydroxylation is 2. The molecule has 9 heteroatoms. The van der Waals surface area contributed by atoms with Gasteiger partial charge in [0.1, 0.15) is 12.6 Å². The van der Waals surface area contributed by atoms with E-state index >= 15 is 0 Å². The molecule has 2 amide bonds. The van der Waals surface area contributed by atoms with E-state index in [-0.39, 0.29) is 12.5 Å². The fourth-order valence-corrected chi connectivity index (χ4v) is 4.79. The van der Waals surface area contributed by atoms with Crippen LogP contribution in [0.25, 0.3) is 0 Å². The van der Waals surface area contributed by atoms with Gasteiger partial charge in [0.05, 0.1) is 11.9 Å². The van der Waals surface area contributed by atoms with Crippen molar-refractivity contribution in [2.45, 2.75) is 53.1 Å². The summed E-state index contributed by atoms with van der Waals surface area (Å²) in [4.78, 5) is 28.0. The SMILES string of the molecule is CCCNC(=O)C(CC)N(Cc1ccc(Cl)cc1)C(=O)CN(c1ccc(C)cc1C)S(C)(=O)=O. The Morgan fingerprint density at radius 2 is 1.71 bits per heavy atom. The molecule has 0 aliphatic carbocycles. The van der Waals surface area contributed by atoms with Gasteiger partial charge in [0, 0.05) is 18.1 Å². The van der Waals surface area contributed by atoms with Gasteiger partial charge in [-0.05, 0) is 56.0 Å². The lowest BCUT2D eigenvalue weighted by Gasteiger charge is -2.33. The van der Waals surface area contributed by atoms with Crippen molar-refractivity contribution >= 4 is 39.1 Å². The number of hydrogen-bond acceptors (Lipinski definition) is 4. The van der Waals surface area contributed by atoms with Gasteiger partial charge >= 0.3 is 0 Å². The summed E-state index contributed by atoms with van der Waals surface area (Å²) in [6, 6.07) is 11.7. The Bertz CT molecular complexity index is 1100. The molecule has 0 radical (unpaired) electrons. The number of hydrogen-bond donors (Lipinski definition) is 1. The third-order valence-corrected chi connectivity index (χ3v) is 6.88. The topological polar surface area (TPSA) is 86.8 Å². The molecule has 0 aliphatic rings. The van der Waals surface area contributed by atoms with Crippen LogP contribution < -0.4 is 9.62 Å². The van der Waals surface area contributed by atoms with E-state index in [9.17, 15) is 18.0 Å². The van der Waals surface area contributed by atoms with Gasteiger partial charge in [-0.3, -0.25) is 13.9 Å². The summed E-state index contributed by atoms with van der Waals surface area (Å²) in [5.74, 6) is -0.720. The molecule has 7 nitrogen and oxygen atoms in total. The number of nitrogens with one attached hydrogen (secondary N) is 1. The Kier molecular flexibility index (Phi) is 9.94. The number of amides is 2. The number of carbonyl (C=O) groups excluding carboxylic acids is 2. The molecule has 1 N–H and O–H groups in total. The summed E-state index contributed by atoms with van der Waals surface area (Å²) in [5.41, 5.74) is 2.97. The lowest BCUT2D eigenvalue weighted by molar-refractivity contribution is -0.140. The van der Waals surface area contributed by atoms with Crippen molar-refractivity contribution < 1.29 is 18.0 Å². The van der Waals surface area contributed by atoms with Crippen molar-refractivity contribution in [3.63, 3.8) is 0 Å². The van der Waals surface area contributed by atoms with Crippen molar-refractivity contribution in [1.29, 1.82) is 0 Å². The van der Waals surface area contributed by atoms with E-state index in [0.717, 1.165) is 33.7 Å². The highest BCUT2D eigenvalue weighted by Crippen LogP contribution is 2.24. The average Bonchev–Trinajstić information content (AvgIpc) is 2.76. The average molecular weight is 508 g/mol. The molecule has 0 fully saturated rings. The van der Waals surface area contributed by atoms with E-state index in [1.807, 2.05) is 39.8 Å². The molecule has 0 aliphatic heterocycles. The molecule has 2 rings (SSSR count).